The van der Waals surface area contributed by atoms with E-state index in [2.05, 4.69) is 30.1 Å². The van der Waals surface area contributed by atoms with Gasteiger partial charge in [-0.05, 0) is 51.3 Å². The number of nitrogens with one attached hydrogen (secondary N) is 1. The Labute approximate surface area is 173 Å². The first-order valence-corrected chi connectivity index (χ1v) is 10.8. The summed E-state index contributed by atoms with van der Waals surface area (Å²) in [5.74, 6) is 1.45. The number of piperidine rings is 1. The minimum absolute atomic E-state index is 0.429. The molecule has 4 rings (SSSR count). The van der Waals surface area contributed by atoms with Crippen LogP contribution >= 0.6 is 0 Å². The topological polar surface area (TPSA) is 55.9 Å². The summed E-state index contributed by atoms with van der Waals surface area (Å²) >= 11 is 0. The molecule has 1 N–H and O–H groups in total. The number of nitrogens with zero attached hydrogens (tertiary/aromatic N) is 2. The second-order valence-electron chi connectivity index (χ2n) is 8.32. The molecule has 1 fully saturated rings. The first-order chi connectivity index (χ1) is 14.1. The van der Waals surface area contributed by atoms with Crippen molar-refractivity contribution in [3.8, 4) is 11.5 Å². The van der Waals surface area contributed by atoms with E-state index in [-0.39, 0.29) is 0 Å². The molecule has 1 aromatic heterocycles. The van der Waals surface area contributed by atoms with Crippen LogP contribution in [0.25, 0.3) is 10.9 Å². The average Bonchev–Trinajstić information content (AvgIpc) is 2.98. The van der Waals surface area contributed by atoms with E-state index in [1.165, 1.54) is 30.6 Å². The fourth-order valence-electron chi connectivity index (χ4n) is 4.56. The number of aromatic nitrogens is 1. The fourth-order valence-corrected chi connectivity index (χ4v) is 4.56. The minimum Gasteiger partial charge on any atom is -0.493 e. The predicted octanol–water partition coefficient (Wildman–Crippen LogP) is 3.65. The highest BCUT2D eigenvalue weighted by atomic mass is 16.5. The number of benzene rings is 1. The maximum absolute atomic E-state index is 5.76. The van der Waals surface area contributed by atoms with E-state index in [9.17, 15) is 0 Å². The second kappa shape index (κ2) is 8.76. The number of anilines is 1. The molecule has 0 bridgehead atoms. The number of ether oxygens (including phenoxy) is 3. The molecule has 6 nitrogen and oxygen atoms in total. The summed E-state index contributed by atoms with van der Waals surface area (Å²) in [7, 11) is 3.35. The van der Waals surface area contributed by atoms with Gasteiger partial charge in [-0.25, -0.2) is 0 Å². The van der Waals surface area contributed by atoms with Gasteiger partial charge in [0.15, 0.2) is 11.5 Å². The summed E-state index contributed by atoms with van der Waals surface area (Å²) in [6, 6.07) is 5.06. The summed E-state index contributed by atoms with van der Waals surface area (Å²) < 4.78 is 16.9. The molecule has 0 radical (unpaired) electrons. The van der Waals surface area contributed by atoms with Gasteiger partial charge in [-0.15, -0.1) is 0 Å². The molecule has 0 unspecified atom stereocenters. The molecule has 1 atom stereocenters. The Hall–Kier alpha value is -2.05. The fraction of sp³-hybridized carbons (Fsp3) is 0.609. The molecule has 3 heterocycles. The Morgan fingerprint density at radius 3 is 2.66 bits per heavy atom. The second-order valence-corrected chi connectivity index (χ2v) is 8.32. The molecule has 29 heavy (non-hydrogen) atoms. The van der Waals surface area contributed by atoms with Gasteiger partial charge in [-0.3, -0.25) is 9.88 Å². The van der Waals surface area contributed by atoms with Crippen molar-refractivity contribution in [2.45, 2.75) is 51.6 Å². The number of likely N-dealkylation sites (tertiary alicyclic amines) is 1. The molecular formula is C23H33N3O3. The summed E-state index contributed by atoms with van der Waals surface area (Å²) in [6.45, 7) is 8.28. The quantitative estimate of drug-likeness (QED) is 0.828. The lowest BCUT2D eigenvalue weighted by Crippen LogP contribution is -2.45. The van der Waals surface area contributed by atoms with Gasteiger partial charge in [0.05, 0.1) is 33.0 Å². The summed E-state index contributed by atoms with van der Waals surface area (Å²) in [5, 5.41) is 5.02. The zero-order valence-corrected chi connectivity index (χ0v) is 18.1. The van der Waals surface area contributed by atoms with Crippen molar-refractivity contribution in [3.63, 3.8) is 0 Å². The van der Waals surface area contributed by atoms with Crippen LogP contribution in [0.2, 0.25) is 0 Å². The first-order valence-electron chi connectivity index (χ1n) is 10.8. The lowest BCUT2D eigenvalue weighted by Gasteiger charge is -2.36. The van der Waals surface area contributed by atoms with Gasteiger partial charge >= 0.3 is 0 Å². The van der Waals surface area contributed by atoms with Crippen LogP contribution in [0.4, 0.5) is 5.69 Å². The smallest absolute Gasteiger partial charge is 0.162 e. The molecule has 0 saturated carbocycles. The van der Waals surface area contributed by atoms with E-state index in [0.717, 1.165) is 54.9 Å². The summed E-state index contributed by atoms with van der Waals surface area (Å²) in [5.41, 5.74) is 4.58. The lowest BCUT2D eigenvalue weighted by atomic mass is 9.98. The molecule has 1 aromatic carbocycles. The SMILES string of the molecule is COc1cc2nc3c(c(N[C@@H]4CCCN(C(C)C)C4)c2cc1OC)CCOCC3. The van der Waals surface area contributed by atoms with Crippen LogP contribution < -0.4 is 14.8 Å². The van der Waals surface area contributed by atoms with E-state index >= 15 is 0 Å². The third-order valence-corrected chi connectivity index (χ3v) is 6.19. The maximum Gasteiger partial charge on any atom is 0.162 e. The highest BCUT2D eigenvalue weighted by Gasteiger charge is 2.25. The maximum atomic E-state index is 5.76. The standard InChI is InChI=1S/C23H33N3O3/c1-15(2)26-9-5-6-16(14-26)24-23-17-7-10-29-11-8-19(17)25-20-13-22(28-4)21(27-3)12-18(20)23/h12-13,15-16H,5-11,14H2,1-4H3,(H,24,25)/t16-/m1/s1. The van der Waals surface area contributed by atoms with Gasteiger partial charge in [0.2, 0.25) is 0 Å². The van der Waals surface area contributed by atoms with Gasteiger partial charge in [-0.2, -0.15) is 0 Å². The van der Waals surface area contributed by atoms with Crippen LogP contribution in [-0.2, 0) is 17.6 Å². The van der Waals surface area contributed by atoms with E-state index in [4.69, 9.17) is 19.2 Å². The van der Waals surface area contributed by atoms with Crippen molar-refractivity contribution >= 4 is 16.6 Å². The van der Waals surface area contributed by atoms with Crippen LogP contribution in [0.1, 0.15) is 37.9 Å². The average molecular weight is 400 g/mol. The number of rotatable bonds is 5. The Bertz CT molecular complexity index is 868. The highest BCUT2D eigenvalue weighted by molar-refractivity contribution is 5.96. The number of hydrogen-bond acceptors (Lipinski definition) is 6. The molecule has 0 aliphatic carbocycles. The van der Waals surface area contributed by atoms with E-state index in [0.29, 0.717) is 17.8 Å². The number of pyridine rings is 1. The van der Waals surface area contributed by atoms with Gasteiger partial charge in [-0.1, -0.05) is 0 Å². The van der Waals surface area contributed by atoms with Crippen LogP contribution in [0, 0.1) is 0 Å². The van der Waals surface area contributed by atoms with Gasteiger partial charge in [0, 0.05) is 47.9 Å². The third-order valence-electron chi connectivity index (χ3n) is 6.19. The molecule has 6 heteroatoms. The van der Waals surface area contributed by atoms with Crippen molar-refractivity contribution in [3.05, 3.63) is 23.4 Å². The largest absolute Gasteiger partial charge is 0.493 e. The van der Waals surface area contributed by atoms with Crippen molar-refractivity contribution in [2.24, 2.45) is 0 Å². The third kappa shape index (κ3) is 4.14. The van der Waals surface area contributed by atoms with Crippen LogP contribution in [0.15, 0.2) is 12.1 Å². The predicted molar refractivity (Wildman–Crippen MR) is 116 cm³/mol. The first kappa shape index (κ1) is 20.2. The molecule has 158 valence electrons. The number of methoxy groups -OCH3 is 2. The van der Waals surface area contributed by atoms with Crippen molar-refractivity contribution in [1.29, 1.82) is 0 Å². The Morgan fingerprint density at radius 2 is 1.90 bits per heavy atom. The monoisotopic (exact) mass is 399 g/mol. The van der Waals surface area contributed by atoms with Crippen LogP contribution in [0.3, 0.4) is 0 Å². The Balaban J connectivity index is 1.80. The highest BCUT2D eigenvalue weighted by Crippen LogP contribution is 2.38. The zero-order valence-electron chi connectivity index (χ0n) is 18.1. The molecule has 2 aromatic rings. The number of fused-ring (bicyclic) bond motifs is 2. The van der Waals surface area contributed by atoms with E-state index < -0.39 is 0 Å². The van der Waals surface area contributed by atoms with Crippen LogP contribution in [-0.4, -0.2) is 62.5 Å². The van der Waals surface area contributed by atoms with E-state index in [1.807, 2.05) is 6.07 Å². The zero-order chi connectivity index (χ0) is 20.4. The summed E-state index contributed by atoms with van der Waals surface area (Å²) in [6.07, 6.45) is 4.14. The van der Waals surface area contributed by atoms with Gasteiger partial charge in [0.25, 0.3) is 0 Å². The van der Waals surface area contributed by atoms with Crippen molar-refractivity contribution < 1.29 is 14.2 Å². The van der Waals surface area contributed by atoms with Crippen molar-refractivity contribution in [1.82, 2.24) is 9.88 Å². The Morgan fingerprint density at radius 1 is 1.14 bits per heavy atom. The lowest BCUT2D eigenvalue weighted by molar-refractivity contribution is 0.146. The number of hydrogen-bond donors (Lipinski definition) is 1. The van der Waals surface area contributed by atoms with Gasteiger partial charge < -0.3 is 19.5 Å². The van der Waals surface area contributed by atoms with E-state index in [1.54, 1.807) is 14.2 Å². The Kier molecular flexibility index (Phi) is 6.11. The normalized spacial score (nSPS) is 20.4. The molecule has 0 amide bonds. The molecular weight excluding hydrogens is 366 g/mol. The van der Waals surface area contributed by atoms with Crippen molar-refractivity contribution in [2.75, 3.05) is 45.8 Å². The molecule has 2 aliphatic rings. The van der Waals surface area contributed by atoms with Crippen LogP contribution in [0.5, 0.6) is 11.5 Å². The molecule has 2 aliphatic heterocycles. The molecule has 1 saturated heterocycles. The summed E-state index contributed by atoms with van der Waals surface area (Å²) in [4.78, 5) is 7.56. The van der Waals surface area contributed by atoms with Gasteiger partial charge in [0.1, 0.15) is 0 Å². The molecule has 0 spiro atoms. The minimum atomic E-state index is 0.429.